The van der Waals surface area contributed by atoms with Crippen molar-refractivity contribution < 1.29 is 4.39 Å². The quantitative estimate of drug-likeness (QED) is 0.751. The van der Waals surface area contributed by atoms with Gasteiger partial charge in [0.05, 0.1) is 0 Å². The molecular weight excluding hydrogens is 191 g/mol. The average molecular weight is 206 g/mol. The van der Waals surface area contributed by atoms with Gasteiger partial charge in [0.2, 0.25) is 0 Å². The summed E-state index contributed by atoms with van der Waals surface area (Å²) in [7, 11) is 0. The van der Waals surface area contributed by atoms with Crippen molar-refractivity contribution in [2.45, 2.75) is 19.8 Å². The summed E-state index contributed by atoms with van der Waals surface area (Å²) in [5, 5.41) is 7.52. The Morgan fingerprint density at radius 3 is 2.53 bits per heavy atom. The fourth-order valence-corrected chi connectivity index (χ4v) is 1.81. The van der Waals surface area contributed by atoms with Crippen molar-refractivity contribution in [3.05, 3.63) is 29.6 Å². The highest BCUT2D eigenvalue weighted by atomic mass is 19.1. The molecule has 1 N–H and O–H groups in total. The first-order chi connectivity index (χ1) is 7.16. The van der Waals surface area contributed by atoms with Gasteiger partial charge in [-0.3, -0.25) is 0 Å². The molecule has 2 rings (SSSR count). The molecule has 1 aliphatic heterocycles. The topological polar surface area (TPSA) is 27.1 Å². The molecule has 1 aromatic carbocycles. The molecule has 0 aromatic heterocycles. The largest absolute Gasteiger partial charge is 0.371 e. The molecule has 1 saturated heterocycles. The number of hydrogen-bond acceptors (Lipinski definition) is 2. The molecule has 0 spiro atoms. The van der Waals surface area contributed by atoms with Crippen LogP contribution in [0.3, 0.4) is 0 Å². The Balaban J connectivity index is 2.16. The standard InChI is InChI=1S/C12H15FN2/c1-9-2-3-11(8-12(9)13)15-6-4-10(14)5-7-15/h2-3,8,14H,4-7H2,1H3. The van der Waals surface area contributed by atoms with Crippen LogP contribution in [0, 0.1) is 18.2 Å². The molecule has 2 nitrogen and oxygen atoms in total. The van der Waals surface area contributed by atoms with Gasteiger partial charge in [-0.25, -0.2) is 4.39 Å². The van der Waals surface area contributed by atoms with E-state index in [1.807, 2.05) is 12.1 Å². The molecular formula is C12H15FN2. The van der Waals surface area contributed by atoms with Crippen LogP contribution in [0.4, 0.5) is 10.1 Å². The maximum absolute atomic E-state index is 13.3. The van der Waals surface area contributed by atoms with Crippen LogP contribution in [0.25, 0.3) is 0 Å². The highest BCUT2D eigenvalue weighted by Crippen LogP contribution is 2.21. The second-order valence-electron chi connectivity index (χ2n) is 4.02. The fourth-order valence-electron chi connectivity index (χ4n) is 1.81. The third-order valence-electron chi connectivity index (χ3n) is 2.89. The molecule has 80 valence electrons. The molecule has 0 saturated carbocycles. The van der Waals surface area contributed by atoms with E-state index < -0.39 is 0 Å². The Kier molecular flexibility index (Phi) is 2.71. The summed E-state index contributed by atoms with van der Waals surface area (Å²) in [4.78, 5) is 2.14. The highest BCUT2D eigenvalue weighted by molar-refractivity contribution is 5.83. The Morgan fingerprint density at radius 2 is 1.93 bits per heavy atom. The van der Waals surface area contributed by atoms with Crippen molar-refractivity contribution >= 4 is 11.4 Å². The third kappa shape index (κ3) is 2.17. The van der Waals surface area contributed by atoms with E-state index in [1.165, 1.54) is 0 Å². The van der Waals surface area contributed by atoms with E-state index in [0.29, 0.717) is 5.56 Å². The minimum absolute atomic E-state index is 0.145. The van der Waals surface area contributed by atoms with Gasteiger partial charge in [0.15, 0.2) is 0 Å². The predicted molar refractivity (Wildman–Crippen MR) is 60.3 cm³/mol. The summed E-state index contributed by atoms with van der Waals surface area (Å²) in [6.07, 6.45) is 1.60. The maximum Gasteiger partial charge on any atom is 0.128 e. The fraction of sp³-hybridized carbons (Fsp3) is 0.417. The number of rotatable bonds is 1. The van der Waals surface area contributed by atoms with Crippen LogP contribution in [-0.2, 0) is 0 Å². The number of nitrogens with one attached hydrogen (secondary N) is 1. The Hall–Kier alpha value is -1.38. The van der Waals surface area contributed by atoms with Gasteiger partial charge in [-0.2, -0.15) is 0 Å². The maximum atomic E-state index is 13.3. The lowest BCUT2D eigenvalue weighted by Gasteiger charge is -2.29. The molecule has 0 aliphatic carbocycles. The summed E-state index contributed by atoms with van der Waals surface area (Å²) < 4.78 is 13.3. The van der Waals surface area contributed by atoms with E-state index in [0.717, 1.165) is 37.3 Å². The number of piperidine rings is 1. The van der Waals surface area contributed by atoms with E-state index in [1.54, 1.807) is 13.0 Å². The van der Waals surface area contributed by atoms with Crippen LogP contribution >= 0.6 is 0 Å². The smallest absolute Gasteiger partial charge is 0.128 e. The summed E-state index contributed by atoms with van der Waals surface area (Å²) >= 11 is 0. The van der Waals surface area contributed by atoms with Crippen molar-refractivity contribution in [1.29, 1.82) is 5.41 Å². The monoisotopic (exact) mass is 206 g/mol. The first-order valence-electron chi connectivity index (χ1n) is 5.24. The molecule has 0 amide bonds. The average Bonchev–Trinajstić information content (AvgIpc) is 2.23. The van der Waals surface area contributed by atoms with E-state index in [2.05, 4.69) is 4.90 Å². The van der Waals surface area contributed by atoms with Gasteiger partial charge in [-0.1, -0.05) is 6.07 Å². The van der Waals surface area contributed by atoms with Crippen LogP contribution in [0.5, 0.6) is 0 Å². The normalized spacial score (nSPS) is 16.9. The van der Waals surface area contributed by atoms with E-state index in [9.17, 15) is 4.39 Å². The summed E-state index contributed by atoms with van der Waals surface area (Å²) in [5.41, 5.74) is 2.42. The second kappa shape index (κ2) is 4.01. The van der Waals surface area contributed by atoms with Crippen LogP contribution in [-0.4, -0.2) is 18.8 Å². The van der Waals surface area contributed by atoms with Crippen LogP contribution in [0.2, 0.25) is 0 Å². The molecule has 1 fully saturated rings. The highest BCUT2D eigenvalue weighted by Gasteiger charge is 2.14. The minimum atomic E-state index is -0.145. The zero-order valence-corrected chi connectivity index (χ0v) is 8.89. The lowest BCUT2D eigenvalue weighted by Crippen LogP contribution is -2.33. The Labute approximate surface area is 89.2 Å². The van der Waals surface area contributed by atoms with Crippen molar-refractivity contribution in [2.75, 3.05) is 18.0 Å². The van der Waals surface area contributed by atoms with Gasteiger partial charge >= 0.3 is 0 Å². The number of hydrogen-bond donors (Lipinski definition) is 1. The van der Waals surface area contributed by atoms with Gasteiger partial charge in [-0.15, -0.1) is 0 Å². The molecule has 0 radical (unpaired) electrons. The zero-order valence-electron chi connectivity index (χ0n) is 8.89. The number of benzene rings is 1. The molecule has 0 unspecified atom stereocenters. The Bertz CT molecular complexity index is 377. The van der Waals surface area contributed by atoms with Gasteiger partial charge in [0.1, 0.15) is 5.82 Å². The molecule has 3 heteroatoms. The summed E-state index contributed by atoms with van der Waals surface area (Å²) in [5.74, 6) is -0.145. The van der Waals surface area contributed by atoms with Crippen molar-refractivity contribution in [3.63, 3.8) is 0 Å². The molecule has 15 heavy (non-hydrogen) atoms. The molecule has 1 aliphatic rings. The van der Waals surface area contributed by atoms with Gasteiger partial charge in [0.25, 0.3) is 0 Å². The Morgan fingerprint density at radius 1 is 1.27 bits per heavy atom. The minimum Gasteiger partial charge on any atom is -0.371 e. The van der Waals surface area contributed by atoms with Gasteiger partial charge < -0.3 is 10.3 Å². The second-order valence-corrected chi connectivity index (χ2v) is 4.02. The summed E-state index contributed by atoms with van der Waals surface area (Å²) in [6.45, 7) is 3.44. The first kappa shape index (κ1) is 10.1. The number of halogens is 1. The molecule has 1 heterocycles. The van der Waals surface area contributed by atoms with Crippen molar-refractivity contribution in [3.8, 4) is 0 Å². The van der Waals surface area contributed by atoms with Crippen LogP contribution < -0.4 is 4.90 Å². The lowest BCUT2D eigenvalue weighted by molar-refractivity contribution is 0.616. The predicted octanol–water partition coefficient (Wildman–Crippen LogP) is 2.75. The van der Waals surface area contributed by atoms with E-state index in [-0.39, 0.29) is 5.82 Å². The van der Waals surface area contributed by atoms with Gasteiger partial charge in [0, 0.05) is 37.3 Å². The number of aryl methyl sites for hydroxylation is 1. The van der Waals surface area contributed by atoms with Crippen LogP contribution in [0.15, 0.2) is 18.2 Å². The first-order valence-corrected chi connectivity index (χ1v) is 5.24. The SMILES string of the molecule is Cc1ccc(N2CCC(=N)CC2)cc1F. The van der Waals surface area contributed by atoms with E-state index >= 15 is 0 Å². The molecule has 0 atom stereocenters. The summed E-state index contributed by atoms with van der Waals surface area (Å²) in [6, 6.07) is 5.35. The van der Waals surface area contributed by atoms with Crippen molar-refractivity contribution in [2.24, 2.45) is 0 Å². The zero-order chi connectivity index (χ0) is 10.8. The van der Waals surface area contributed by atoms with E-state index in [4.69, 9.17) is 5.41 Å². The van der Waals surface area contributed by atoms with Gasteiger partial charge in [-0.05, 0) is 24.6 Å². The molecule has 1 aromatic rings. The lowest BCUT2D eigenvalue weighted by atomic mass is 10.1. The number of anilines is 1. The number of nitrogens with zero attached hydrogens (tertiary/aromatic N) is 1. The third-order valence-corrected chi connectivity index (χ3v) is 2.89. The van der Waals surface area contributed by atoms with Crippen LogP contribution in [0.1, 0.15) is 18.4 Å². The van der Waals surface area contributed by atoms with Crippen molar-refractivity contribution in [1.82, 2.24) is 0 Å². The molecule has 0 bridgehead atoms.